The minimum Gasteiger partial charge on any atom is -0.490 e. The predicted octanol–water partition coefficient (Wildman–Crippen LogP) is 1.66. The van der Waals surface area contributed by atoms with Crippen molar-refractivity contribution in [1.82, 2.24) is 10.2 Å². The fourth-order valence-corrected chi connectivity index (χ4v) is 4.58. The van der Waals surface area contributed by atoms with Gasteiger partial charge in [-0.3, -0.25) is 14.5 Å². The van der Waals surface area contributed by atoms with Crippen LogP contribution in [0.15, 0.2) is 47.4 Å². The van der Waals surface area contributed by atoms with Crippen molar-refractivity contribution in [2.45, 2.75) is 23.8 Å². The number of carbonyl (C=O) groups excluding carboxylic acids is 3. The van der Waals surface area contributed by atoms with E-state index in [4.69, 9.17) is 9.47 Å². The van der Waals surface area contributed by atoms with Crippen LogP contribution in [0.2, 0.25) is 0 Å². The van der Waals surface area contributed by atoms with Gasteiger partial charge in [0.25, 0.3) is 5.91 Å². The molecule has 1 unspecified atom stereocenters. The minimum absolute atomic E-state index is 0.0624. The number of fused-ring (bicyclic) bond motifs is 1. The first-order chi connectivity index (χ1) is 15.6. The highest BCUT2D eigenvalue weighted by atomic mass is 32.2. The van der Waals surface area contributed by atoms with E-state index in [0.717, 1.165) is 17.6 Å². The Morgan fingerprint density at radius 1 is 1.12 bits per heavy atom. The number of nitrogens with one attached hydrogen (secondary N) is 2. The van der Waals surface area contributed by atoms with Gasteiger partial charge in [0.15, 0.2) is 21.3 Å². The standard InChI is InChI=1S/C22H23N3O7S/c1-22(14-8-9-16-17(12-14)32-11-5-10-31-16)20(27)25(21(28)24-22)13-19(26)23-15-6-3-4-7-18(15)33(2,29)30/h3-4,6-9,12H,5,10-11,13H2,1-2H3,(H,23,26)(H,24,28). The molecule has 0 saturated carbocycles. The summed E-state index contributed by atoms with van der Waals surface area (Å²) in [7, 11) is -3.59. The predicted molar refractivity (Wildman–Crippen MR) is 118 cm³/mol. The average molecular weight is 474 g/mol. The summed E-state index contributed by atoms with van der Waals surface area (Å²) in [5.74, 6) is -0.301. The van der Waals surface area contributed by atoms with Gasteiger partial charge < -0.3 is 20.1 Å². The van der Waals surface area contributed by atoms with Crippen molar-refractivity contribution in [3.05, 3.63) is 48.0 Å². The Hall–Kier alpha value is -3.60. The highest BCUT2D eigenvalue weighted by Crippen LogP contribution is 2.36. The number of amides is 4. The zero-order chi connectivity index (χ0) is 23.8. The van der Waals surface area contributed by atoms with Gasteiger partial charge in [-0.25, -0.2) is 13.2 Å². The number of anilines is 1. The molecule has 2 N–H and O–H groups in total. The van der Waals surface area contributed by atoms with Crippen molar-refractivity contribution < 1.29 is 32.3 Å². The number of hydrogen-bond donors (Lipinski definition) is 2. The molecule has 2 aliphatic rings. The lowest BCUT2D eigenvalue weighted by Crippen LogP contribution is -2.42. The Kier molecular flexibility index (Phi) is 5.75. The van der Waals surface area contributed by atoms with Crippen LogP contribution in [0.25, 0.3) is 0 Å². The lowest BCUT2D eigenvalue weighted by molar-refractivity contribution is -0.133. The van der Waals surface area contributed by atoms with E-state index in [9.17, 15) is 22.8 Å². The maximum Gasteiger partial charge on any atom is 0.325 e. The summed E-state index contributed by atoms with van der Waals surface area (Å²) in [5, 5.41) is 5.11. The number of para-hydroxylation sites is 1. The molecule has 0 aromatic heterocycles. The maximum atomic E-state index is 13.2. The van der Waals surface area contributed by atoms with Crippen molar-refractivity contribution in [3.63, 3.8) is 0 Å². The van der Waals surface area contributed by atoms with E-state index in [2.05, 4.69) is 10.6 Å². The van der Waals surface area contributed by atoms with Gasteiger partial charge in [-0.1, -0.05) is 18.2 Å². The third-order valence-corrected chi connectivity index (χ3v) is 6.62. The largest absolute Gasteiger partial charge is 0.490 e. The molecule has 0 bridgehead atoms. The van der Waals surface area contributed by atoms with Crippen LogP contribution in [0.4, 0.5) is 10.5 Å². The SMILES string of the molecule is CC1(c2ccc3c(c2)OCCCO3)NC(=O)N(CC(=O)Nc2ccccc2S(C)(=O)=O)C1=O. The third kappa shape index (κ3) is 4.36. The van der Waals surface area contributed by atoms with Crippen molar-refractivity contribution >= 4 is 33.4 Å². The first-order valence-electron chi connectivity index (χ1n) is 10.2. The molecule has 1 saturated heterocycles. The molecule has 10 nitrogen and oxygen atoms in total. The molecule has 11 heteroatoms. The molecule has 2 aromatic rings. The van der Waals surface area contributed by atoms with Crippen LogP contribution in [0.1, 0.15) is 18.9 Å². The number of benzene rings is 2. The average Bonchev–Trinajstić information content (AvgIpc) is 2.92. The van der Waals surface area contributed by atoms with Crippen LogP contribution in [0.3, 0.4) is 0 Å². The molecular formula is C22H23N3O7S. The Morgan fingerprint density at radius 3 is 2.55 bits per heavy atom. The highest BCUT2D eigenvalue weighted by molar-refractivity contribution is 7.90. The highest BCUT2D eigenvalue weighted by Gasteiger charge is 2.49. The molecule has 0 radical (unpaired) electrons. The Balaban J connectivity index is 1.53. The topological polar surface area (TPSA) is 131 Å². The van der Waals surface area contributed by atoms with Crippen molar-refractivity contribution in [2.24, 2.45) is 0 Å². The number of sulfone groups is 1. The fraction of sp³-hybridized carbons (Fsp3) is 0.318. The molecule has 33 heavy (non-hydrogen) atoms. The van der Waals surface area contributed by atoms with E-state index in [-0.39, 0.29) is 10.6 Å². The second-order valence-corrected chi connectivity index (χ2v) is 9.96. The summed E-state index contributed by atoms with van der Waals surface area (Å²) in [6, 6.07) is 10.1. The van der Waals surface area contributed by atoms with E-state index < -0.39 is 39.8 Å². The van der Waals surface area contributed by atoms with Gasteiger partial charge in [0, 0.05) is 12.7 Å². The molecule has 1 atom stereocenters. The monoisotopic (exact) mass is 473 g/mol. The fourth-order valence-electron chi connectivity index (χ4n) is 3.74. The first kappa shape index (κ1) is 22.6. The molecule has 2 heterocycles. The summed E-state index contributed by atoms with van der Waals surface area (Å²) < 4.78 is 35.2. The van der Waals surface area contributed by atoms with Crippen LogP contribution < -0.4 is 20.1 Å². The van der Waals surface area contributed by atoms with Gasteiger partial charge in [-0.2, -0.15) is 0 Å². The molecule has 1 fully saturated rings. The summed E-state index contributed by atoms with van der Waals surface area (Å²) in [6.45, 7) is 1.95. The smallest absolute Gasteiger partial charge is 0.325 e. The second kappa shape index (κ2) is 8.39. The normalized spacial score (nSPS) is 20.2. The summed E-state index contributed by atoms with van der Waals surface area (Å²) in [5.41, 5.74) is -0.856. The molecule has 0 aliphatic carbocycles. The van der Waals surface area contributed by atoms with Crippen LogP contribution in [0, 0.1) is 0 Å². The zero-order valence-electron chi connectivity index (χ0n) is 18.1. The Labute approximate surface area is 190 Å². The van der Waals surface area contributed by atoms with E-state index in [1.807, 2.05) is 0 Å². The van der Waals surface area contributed by atoms with E-state index in [1.54, 1.807) is 31.2 Å². The molecule has 0 spiro atoms. The zero-order valence-corrected chi connectivity index (χ0v) is 18.9. The number of hydrogen-bond acceptors (Lipinski definition) is 7. The molecular weight excluding hydrogens is 450 g/mol. The minimum atomic E-state index is -3.59. The number of ether oxygens (including phenoxy) is 2. The maximum absolute atomic E-state index is 13.2. The lowest BCUT2D eigenvalue weighted by atomic mass is 9.91. The van der Waals surface area contributed by atoms with Gasteiger partial charge in [-0.15, -0.1) is 0 Å². The lowest BCUT2D eigenvalue weighted by Gasteiger charge is -2.23. The second-order valence-electron chi connectivity index (χ2n) is 7.97. The Bertz CT molecular complexity index is 1240. The van der Waals surface area contributed by atoms with Crippen LogP contribution in [-0.2, 0) is 25.0 Å². The number of urea groups is 1. The first-order valence-corrected chi connectivity index (χ1v) is 12.1. The summed E-state index contributed by atoms with van der Waals surface area (Å²) >= 11 is 0. The van der Waals surface area contributed by atoms with Crippen LogP contribution in [0.5, 0.6) is 11.5 Å². The van der Waals surface area contributed by atoms with Crippen LogP contribution >= 0.6 is 0 Å². The molecule has 2 aromatic carbocycles. The molecule has 4 amide bonds. The molecule has 174 valence electrons. The number of rotatable bonds is 5. The van der Waals surface area contributed by atoms with Crippen molar-refractivity contribution in [2.75, 3.05) is 31.3 Å². The third-order valence-electron chi connectivity index (χ3n) is 5.46. The van der Waals surface area contributed by atoms with E-state index >= 15 is 0 Å². The number of nitrogens with zero attached hydrogens (tertiary/aromatic N) is 1. The number of imide groups is 1. The van der Waals surface area contributed by atoms with Gasteiger partial charge >= 0.3 is 6.03 Å². The van der Waals surface area contributed by atoms with Gasteiger partial charge in [-0.05, 0) is 36.8 Å². The number of carbonyl (C=O) groups is 3. The van der Waals surface area contributed by atoms with E-state index in [1.165, 1.54) is 18.2 Å². The molecule has 4 rings (SSSR count). The van der Waals surface area contributed by atoms with Crippen molar-refractivity contribution in [3.8, 4) is 11.5 Å². The van der Waals surface area contributed by atoms with E-state index in [0.29, 0.717) is 30.3 Å². The van der Waals surface area contributed by atoms with Gasteiger partial charge in [0.1, 0.15) is 12.1 Å². The van der Waals surface area contributed by atoms with Gasteiger partial charge in [0.05, 0.1) is 23.8 Å². The van der Waals surface area contributed by atoms with Crippen molar-refractivity contribution in [1.29, 1.82) is 0 Å². The Morgan fingerprint density at radius 2 is 1.82 bits per heavy atom. The summed E-state index contributed by atoms with van der Waals surface area (Å²) in [6.07, 6.45) is 1.75. The van der Waals surface area contributed by atoms with Gasteiger partial charge in [0.2, 0.25) is 5.91 Å². The summed E-state index contributed by atoms with van der Waals surface area (Å²) in [4.78, 5) is 39.1. The molecule has 2 aliphatic heterocycles. The quantitative estimate of drug-likeness (QED) is 0.632. The van der Waals surface area contributed by atoms with Crippen LogP contribution in [-0.4, -0.2) is 57.2 Å².